The van der Waals surface area contributed by atoms with Crippen molar-refractivity contribution < 1.29 is 13.9 Å². The Hall–Kier alpha value is 0.314. The molecular weight excluding hydrogens is 272 g/mol. The molecule has 0 bridgehead atoms. The summed E-state index contributed by atoms with van der Waals surface area (Å²) in [6.45, 7) is 14.7. The summed E-state index contributed by atoms with van der Waals surface area (Å²) in [6.07, 6.45) is 3.88. The minimum atomic E-state index is -1.45. The average Bonchev–Trinajstić information content (AvgIpc) is 3.08. The first-order valence-electron chi connectivity index (χ1n) is 7.64. The lowest BCUT2D eigenvalue weighted by Crippen LogP contribution is -2.64. The molecule has 0 aliphatic carbocycles. The zero-order valence-corrected chi connectivity index (χ0v) is 15.3. The van der Waals surface area contributed by atoms with E-state index in [0.29, 0.717) is 6.10 Å². The second-order valence-corrected chi connectivity index (χ2v) is 22.7. The monoisotopic (exact) mass is 302 g/mol. The topological polar surface area (TPSA) is 31.0 Å². The van der Waals surface area contributed by atoms with Crippen LogP contribution in [0.25, 0.3) is 0 Å². The summed E-state index contributed by atoms with van der Waals surface area (Å²) in [5, 5.41) is 0. The number of hydrogen-bond acceptors (Lipinski definition) is 3. The fraction of sp³-hybridized carbons (Fsp3) is 1.00. The number of epoxide rings is 1. The molecule has 2 aliphatic heterocycles. The highest BCUT2D eigenvalue weighted by Crippen LogP contribution is 2.40. The molecule has 0 saturated carbocycles. The molecule has 0 amide bonds. The highest BCUT2D eigenvalue weighted by molar-refractivity contribution is 7.38. The molecule has 19 heavy (non-hydrogen) atoms. The van der Waals surface area contributed by atoms with Crippen LogP contribution in [0.1, 0.15) is 26.2 Å². The summed E-state index contributed by atoms with van der Waals surface area (Å²) in [5.41, 5.74) is 0.109. The summed E-state index contributed by atoms with van der Waals surface area (Å²) in [4.78, 5) is 0. The second kappa shape index (κ2) is 5.60. The van der Waals surface area contributed by atoms with E-state index in [0.717, 1.165) is 32.7 Å². The van der Waals surface area contributed by atoms with Crippen molar-refractivity contribution in [3.05, 3.63) is 0 Å². The van der Waals surface area contributed by atoms with Gasteiger partial charge < -0.3 is 13.9 Å². The van der Waals surface area contributed by atoms with Crippen LogP contribution in [0.15, 0.2) is 0 Å². The van der Waals surface area contributed by atoms with Gasteiger partial charge >= 0.3 is 0 Å². The molecule has 2 rings (SSSR count). The van der Waals surface area contributed by atoms with E-state index in [-0.39, 0.29) is 5.60 Å². The van der Waals surface area contributed by atoms with Crippen molar-refractivity contribution in [2.75, 3.05) is 19.8 Å². The van der Waals surface area contributed by atoms with E-state index in [2.05, 4.69) is 33.1 Å². The second-order valence-electron chi connectivity index (χ2n) is 7.58. The Bertz CT molecular complexity index is 316. The number of ether oxygens (including phenoxy) is 2. The molecule has 3 nitrogen and oxygen atoms in total. The molecule has 0 aromatic carbocycles. The summed E-state index contributed by atoms with van der Waals surface area (Å²) >= 11 is 0. The van der Waals surface area contributed by atoms with Gasteiger partial charge in [0, 0.05) is 6.61 Å². The maximum atomic E-state index is 6.64. The van der Waals surface area contributed by atoms with Crippen LogP contribution in [-0.4, -0.2) is 47.0 Å². The Morgan fingerprint density at radius 2 is 1.95 bits per heavy atom. The fourth-order valence-electron chi connectivity index (χ4n) is 2.79. The van der Waals surface area contributed by atoms with Crippen molar-refractivity contribution in [2.45, 2.75) is 70.1 Å². The lowest BCUT2D eigenvalue weighted by molar-refractivity contribution is 0.0443. The Balaban J connectivity index is 1.72. The third-order valence-corrected chi connectivity index (χ3v) is 21.7. The van der Waals surface area contributed by atoms with Gasteiger partial charge in [0.15, 0.2) is 7.83 Å². The predicted molar refractivity (Wildman–Crippen MR) is 83.7 cm³/mol. The Kier molecular flexibility index (Phi) is 4.63. The lowest BCUT2D eigenvalue weighted by atomic mass is 9.97. The molecule has 0 N–H and O–H groups in total. The van der Waals surface area contributed by atoms with Gasteiger partial charge in [-0.3, -0.25) is 0 Å². The summed E-state index contributed by atoms with van der Waals surface area (Å²) in [5.74, 6) is 0. The SMILES string of the molecule is CC1(CCCOCC2CO2)CC[Si](C)(C)[Si](C)(C)O1. The van der Waals surface area contributed by atoms with Crippen LogP contribution in [0.2, 0.25) is 32.2 Å². The zero-order chi connectivity index (χ0) is 14.1. The average molecular weight is 303 g/mol. The zero-order valence-electron chi connectivity index (χ0n) is 13.3. The molecule has 2 atom stereocenters. The Labute approximate surface area is 119 Å². The van der Waals surface area contributed by atoms with E-state index >= 15 is 0 Å². The van der Waals surface area contributed by atoms with Crippen molar-refractivity contribution in [1.82, 2.24) is 0 Å². The number of rotatable bonds is 6. The molecule has 2 heterocycles. The van der Waals surface area contributed by atoms with Crippen LogP contribution < -0.4 is 0 Å². The maximum absolute atomic E-state index is 6.64. The van der Waals surface area contributed by atoms with Crippen LogP contribution >= 0.6 is 0 Å². The molecule has 2 fully saturated rings. The van der Waals surface area contributed by atoms with E-state index in [1.54, 1.807) is 0 Å². The van der Waals surface area contributed by atoms with Gasteiger partial charge in [-0.15, -0.1) is 0 Å². The number of hydrogen-bond donors (Lipinski definition) is 0. The van der Waals surface area contributed by atoms with Gasteiger partial charge in [-0.1, -0.05) is 19.1 Å². The minimum Gasteiger partial charge on any atom is -0.415 e. The molecule has 112 valence electrons. The maximum Gasteiger partial charge on any atom is 0.174 e. The summed E-state index contributed by atoms with van der Waals surface area (Å²) in [6, 6.07) is 1.43. The van der Waals surface area contributed by atoms with Gasteiger partial charge in [0.05, 0.1) is 26.4 Å². The van der Waals surface area contributed by atoms with Crippen molar-refractivity contribution in [3.8, 4) is 0 Å². The molecule has 0 spiro atoms. The van der Waals surface area contributed by atoms with Crippen molar-refractivity contribution in [2.24, 2.45) is 0 Å². The standard InChI is InChI=1S/C14H30O3Si2/c1-14(7-6-9-15-11-13-12-16-13)8-10-18(2,3)19(4,5)17-14/h13H,6-12H2,1-5H3. The quantitative estimate of drug-likeness (QED) is 0.428. The summed E-state index contributed by atoms with van der Waals surface area (Å²) in [7, 11) is -2.55. The Morgan fingerprint density at radius 3 is 2.53 bits per heavy atom. The van der Waals surface area contributed by atoms with Gasteiger partial charge in [0.1, 0.15) is 6.10 Å². The van der Waals surface area contributed by atoms with Crippen LogP contribution in [0.4, 0.5) is 0 Å². The van der Waals surface area contributed by atoms with Gasteiger partial charge in [-0.05, 0) is 39.3 Å². The highest BCUT2D eigenvalue weighted by Gasteiger charge is 2.51. The Morgan fingerprint density at radius 1 is 1.26 bits per heavy atom. The van der Waals surface area contributed by atoms with Crippen LogP contribution in [0, 0.1) is 0 Å². The van der Waals surface area contributed by atoms with E-state index in [9.17, 15) is 0 Å². The lowest BCUT2D eigenvalue weighted by Gasteiger charge is -2.51. The van der Waals surface area contributed by atoms with Crippen LogP contribution in [0.5, 0.6) is 0 Å². The first-order chi connectivity index (χ1) is 8.74. The largest absolute Gasteiger partial charge is 0.415 e. The van der Waals surface area contributed by atoms with E-state index in [1.807, 2.05) is 0 Å². The van der Waals surface area contributed by atoms with Gasteiger partial charge in [-0.2, -0.15) is 0 Å². The third kappa shape index (κ3) is 4.14. The van der Waals surface area contributed by atoms with Crippen molar-refractivity contribution in [3.63, 3.8) is 0 Å². The molecule has 2 unspecified atom stereocenters. The molecule has 0 aromatic heterocycles. The van der Waals surface area contributed by atoms with E-state index < -0.39 is 15.4 Å². The van der Waals surface area contributed by atoms with E-state index in [4.69, 9.17) is 13.9 Å². The first kappa shape index (κ1) is 15.7. The molecule has 0 aromatic rings. The van der Waals surface area contributed by atoms with Crippen molar-refractivity contribution >= 4 is 15.4 Å². The molecule has 5 heteroatoms. The van der Waals surface area contributed by atoms with Crippen LogP contribution in [-0.2, 0) is 13.9 Å². The molecule has 2 aliphatic rings. The normalized spacial score (nSPS) is 36.2. The molecule has 0 radical (unpaired) electrons. The molecule has 2 saturated heterocycles. The summed E-state index contributed by atoms with van der Waals surface area (Å²) < 4.78 is 17.4. The minimum absolute atomic E-state index is 0.109. The van der Waals surface area contributed by atoms with Crippen molar-refractivity contribution in [1.29, 1.82) is 0 Å². The predicted octanol–water partition coefficient (Wildman–Crippen LogP) is 3.35. The van der Waals surface area contributed by atoms with Gasteiger partial charge in [-0.25, -0.2) is 0 Å². The smallest absolute Gasteiger partial charge is 0.174 e. The van der Waals surface area contributed by atoms with Gasteiger partial charge in [0.25, 0.3) is 0 Å². The molecular formula is C14H30O3Si2. The first-order valence-corrected chi connectivity index (χ1v) is 14.8. The van der Waals surface area contributed by atoms with E-state index in [1.165, 1.54) is 12.5 Å². The van der Waals surface area contributed by atoms with Gasteiger partial charge in [0.2, 0.25) is 0 Å². The highest BCUT2D eigenvalue weighted by atomic mass is 29.3. The third-order valence-electron chi connectivity index (χ3n) is 5.11. The van der Waals surface area contributed by atoms with Crippen LogP contribution in [0.3, 0.4) is 0 Å². The fourth-order valence-corrected chi connectivity index (χ4v) is 10.0.